The molecule has 2 N–H and O–H groups in total. The predicted molar refractivity (Wildman–Crippen MR) is 168 cm³/mol. The first-order valence-corrected chi connectivity index (χ1v) is 14.9. The number of rotatable bonds is 8. The zero-order chi connectivity index (χ0) is 29.1. The molecule has 12 heteroatoms. The van der Waals surface area contributed by atoms with Crippen molar-refractivity contribution in [3.63, 3.8) is 0 Å². The number of aryl methyl sites for hydroxylation is 1. The zero-order valence-electron chi connectivity index (χ0n) is 24.0. The molecule has 1 aromatic carbocycles. The number of nitrogens with zero attached hydrogens (tertiary/aromatic N) is 4. The van der Waals surface area contributed by atoms with Crippen LogP contribution < -0.4 is 21.1 Å². The van der Waals surface area contributed by atoms with E-state index in [9.17, 15) is 9.59 Å². The molecule has 0 bridgehead atoms. The number of morpholine rings is 1. The molecule has 4 aromatic rings. The summed E-state index contributed by atoms with van der Waals surface area (Å²) in [5.41, 5.74) is 3.51. The molecular formula is C31H36Cl2N6O4. The number of halogens is 2. The van der Waals surface area contributed by atoms with Crippen LogP contribution >= 0.6 is 24.0 Å². The lowest BCUT2D eigenvalue weighted by molar-refractivity contribution is 0.0585. The van der Waals surface area contributed by atoms with E-state index >= 15 is 0 Å². The minimum absolute atomic E-state index is 0. The van der Waals surface area contributed by atoms with E-state index in [1.807, 2.05) is 34.9 Å². The fourth-order valence-electron chi connectivity index (χ4n) is 5.89. The molecule has 1 aliphatic heterocycles. The van der Waals surface area contributed by atoms with E-state index in [1.165, 1.54) is 0 Å². The predicted octanol–water partition coefficient (Wildman–Crippen LogP) is 4.32. The number of carbonyl (C=O) groups is 1. The summed E-state index contributed by atoms with van der Waals surface area (Å²) in [5, 5.41) is 6.96. The van der Waals surface area contributed by atoms with Crippen LogP contribution in [0.15, 0.2) is 59.7 Å². The van der Waals surface area contributed by atoms with Gasteiger partial charge in [-0.1, -0.05) is 23.7 Å². The standard InChI is InChI=1S/C31H35ClN6O4.ClH/c1-20-26(14-22(32)15-34-20)30(39)36-23-8-6-21(7-9-23)17-37-27-4-2-3-5-28(27)38(31(37)40)25-10-11-29(35-16-25)42-19-24-18-41-13-12-33-24;/h2-5,10-11,14-16,21,23-24,33H,6-9,12-13,17-19H2,1H3,(H,36,39);1H/t21?,23?,24-;/m1./s1. The number of ether oxygens (including phenoxy) is 2. The minimum atomic E-state index is -0.144. The third-order valence-electron chi connectivity index (χ3n) is 8.17. The van der Waals surface area contributed by atoms with Crippen LogP contribution in [0, 0.1) is 12.8 Å². The van der Waals surface area contributed by atoms with Gasteiger partial charge in [-0.3, -0.25) is 18.9 Å². The number of benzene rings is 1. The Hall–Kier alpha value is -3.44. The highest BCUT2D eigenvalue weighted by molar-refractivity contribution is 6.30. The average Bonchev–Trinajstić information content (AvgIpc) is 3.29. The highest BCUT2D eigenvalue weighted by atomic mass is 35.5. The van der Waals surface area contributed by atoms with Crippen molar-refractivity contribution >= 4 is 40.9 Å². The van der Waals surface area contributed by atoms with Crippen LogP contribution in [0.5, 0.6) is 5.88 Å². The molecule has 1 saturated heterocycles. The number of pyridine rings is 2. The largest absolute Gasteiger partial charge is 0.476 e. The number of hydrogen-bond acceptors (Lipinski definition) is 7. The van der Waals surface area contributed by atoms with Crippen molar-refractivity contribution in [2.24, 2.45) is 5.92 Å². The van der Waals surface area contributed by atoms with Crippen molar-refractivity contribution in [2.75, 3.05) is 26.4 Å². The average molecular weight is 628 g/mol. The van der Waals surface area contributed by atoms with Crippen LogP contribution in [0.1, 0.15) is 41.7 Å². The topological polar surface area (TPSA) is 112 Å². The molecule has 43 heavy (non-hydrogen) atoms. The summed E-state index contributed by atoms with van der Waals surface area (Å²) in [6, 6.07) is 13.4. The SMILES string of the molecule is Cc1ncc(Cl)cc1C(=O)NC1CCC(Cn2c(=O)n(-c3ccc(OC[C@H]4COCCN4)nc3)c3ccccc32)CC1.Cl. The van der Waals surface area contributed by atoms with Crippen molar-refractivity contribution in [3.8, 4) is 11.6 Å². The van der Waals surface area contributed by atoms with E-state index in [1.54, 1.807) is 36.0 Å². The number of imidazole rings is 1. The summed E-state index contributed by atoms with van der Waals surface area (Å²) in [6.07, 6.45) is 6.76. The third kappa shape index (κ3) is 7.04. The molecule has 228 valence electrons. The highest BCUT2D eigenvalue weighted by Gasteiger charge is 2.26. The summed E-state index contributed by atoms with van der Waals surface area (Å²) in [4.78, 5) is 35.3. The van der Waals surface area contributed by atoms with Gasteiger partial charge in [-0.2, -0.15) is 0 Å². The number of amides is 1. The summed E-state index contributed by atoms with van der Waals surface area (Å²) < 4.78 is 14.9. The van der Waals surface area contributed by atoms with Crippen LogP contribution in [0.25, 0.3) is 16.7 Å². The molecule has 0 radical (unpaired) electrons. The number of fused-ring (bicyclic) bond motifs is 1. The molecule has 1 amide bonds. The Kier molecular flexibility index (Phi) is 10.0. The Morgan fingerprint density at radius 1 is 1.12 bits per heavy atom. The Balaban J connectivity index is 0.00000368. The highest BCUT2D eigenvalue weighted by Crippen LogP contribution is 2.28. The Bertz CT molecular complexity index is 1610. The van der Waals surface area contributed by atoms with Gasteiger partial charge in [0, 0.05) is 31.4 Å². The first-order chi connectivity index (χ1) is 20.5. The maximum Gasteiger partial charge on any atom is 0.333 e. The first kappa shape index (κ1) is 31.0. The number of hydrogen-bond donors (Lipinski definition) is 2. The Labute approximate surface area is 261 Å². The Morgan fingerprint density at radius 2 is 1.91 bits per heavy atom. The van der Waals surface area contributed by atoms with Crippen LogP contribution in [0.2, 0.25) is 5.02 Å². The number of nitrogens with one attached hydrogen (secondary N) is 2. The molecule has 0 spiro atoms. The molecule has 0 unspecified atom stereocenters. The summed E-state index contributed by atoms with van der Waals surface area (Å²) in [7, 11) is 0. The van der Waals surface area contributed by atoms with E-state index in [4.69, 9.17) is 21.1 Å². The molecule has 10 nitrogen and oxygen atoms in total. The van der Waals surface area contributed by atoms with Gasteiger partial charge in [0.15, 0.2) is 0 Å². The Morgan fingerprint density at radius 3 is 2.63 bits per heavy atom. The van der Waals surface area contributed by atoms with Crippen molar-refractivity contribution < 1.29 is 14.3 Å². The van der Waals surface area contributed by atoms with Gasteiger partial charge in [0.25, 0.3) is 5.91 Å². The summed E-state index contributed by atoms with van der Waals surface area (Å²) >= 11 is 6.05. The second-order valence-electron chi connectivity index (χ2n) is 11.1. The fourth-order valence-corrected chi connectivity index (χ4v) is 6.04. The van der Waals surface area contributed by atoms with Gasteiger partial charge in [0.2, 0.25) is 5.88 Å². The quantitative estimate of drug-likeness (QED) is 0.299. The van der Waals surface area contributed by atoms with E-state index in [-0.39, 0.29) is 36.1 Å². The molecule has 4 heterocycles. The molecule has 2 aliphatic rings. The molecule has 1 aliphatic carbocycles. The zero-order valence-corrected chi connectivity index (χ0v) is 25.6. The van der Waals surface area contributed by atoms with Gasteiger partial charge in [-0.15, -0.1) is 12.4 Å². The maximum atomic E-state index is 13.8. The summed E-state index contributed by atoms with van der Waals surface area (Å²) in [6.45, 7) is 5.04. The first-order valence-electron chi connectivity index (χ1n) is 14.5. The van der Waals surface area contributed by atoms with E-state index < -0.39 is 0 Å². The fraction of sp³-hybridized carbons (Fsp3) is 0.419. The number of carbonyl (C=O) groups excluding carboxylic acids is 1. The van der Waals surface area contributed by atoms with E-state index in [0.717, 1.165) is 43.3 Å². The molecular weight excluding hydrogens is 591 g/mol. The van der Waals surface area contributed by atoms with Crippen LogP contribution in [0.3, 0.4) is 0 Å². The van der Waals surface area contributed by atoms with Crippen LogP contribution in [-0.4, -0.2) is 63.5 Å². The number of para-hydroxylation sites is 2. The molecule has 2 fully saturated rings. The summed E-state index contributed by atoms with van der Waals surface area (Å²) in [5.74, 6) is 0.694. The van der Waals surface area contributed by atoms with Crippen molar-refractivity contribution in [1.29, 1.82) is 0 Å². The van der Waals surface area contributed by atoms with Gasteiger partial charge < -0.3 is 20.1 Å². The third-order valence-corrected chi connectivity index (χ3v) is 8.37. The molecule has 3 aromatic heterocycles. The van der Waals surface area contributed by atoms with Crippen molar-refractivity contribution in [1.82, 2.24) is 29.7 Å². The smallest absolute Gasteiger partial charge is 0.333 e. The van der Waals surface area contributed by atoms with Crippen LogP contribution in [-0.2, 0) is 11.3 Å². The normalized spacial score (nSPS) is 20.4. The molecule has 1 saturated carbocycles. The van der Waals surface area contributed by atoms with Gasteiger partial charge in [0.1, 0.15) is 6.61 Å². The van der Waals surface area contributed by atoms with Gasteiger partial charge in [-0.05, 0) is 62.8 Å². The van der Waals surface area contributed by atoms with E-state index in [0.29, 0.717) is 60.1 Å². The second kappa shape index (κ2) is 13.9. The van der Waals surface area contributed by atoms with Crippen LogP contribution in [0.4, 0.5) is 0 Å². The lowest BCUT2D eigenvalue weighted by Gasteiger charge is -2.29. The molecule has 1 atom stereocenters. The lowest BCUT2D eigenvalue weighted by Crippen LogP contribution is -2.44. The molecule has 6 rings (SSSR count). The van der Waals surface area contributed by atoms with Gasteiger partial charge in [-0.25, -0.2) is 9.78 Å². The monoisotopic (exact) mass is 626 g/mol. The van der Waals surface area contributed by atoms with Gasteiger partial charge >= 0.3 is 5.69 Å². The maximum absolute atomic E-state index is 13.8. The van der Waals surface area contributed by atoms with Crippen molar-refractivity contribution in [2.45, 2.75) is 51.2 Å². The van der Waals surface area contributed by atoms with E-state index in [2.05, 4.69) is 20.6 Å². The van der Waals surface area contributed by atoms with Gasteiger partial charge in [0.05, 0.1) is 58.5 Å². The number of aromatic nitrogens is 4. The minimum Gasteiger partial charge on any atom is -0.476 e. The second-order valence-corrected chi connectivity index (χ2v) is 11.5. The lowest BCUT2D eigenvalue weighted by atomic mass is 9.85. The van der Waals surface area contributed by atoms with Crippen molar-refractivity contribution in [3.05, 3.63) is 81.6 Å².